The van der Waals surface area contributed by atoms with Gasteiger partial charge in [-0.25, -0.2) is 18.6 Å². The van der Waals surface area contributed by atoms with Crippen LogP contribution in [-0.2, 0) is 4.74 Å². The molecular formula is C32H34ClF2N7O2. The zero-order chi connectivity index (χ0) is 31.1. The Balaban J connectivity index is 1.31. The van der Waals surface area contributed by atoms with Crippen LogP contribution < -0.4 is 9.80 Å². The van der Waals surface area contributed by atoms with Gasteiger partial charge in [0.05, 0.1) is 22.5 Å². The third-order valence-corrected chi connectivity index (χ3v) is 9.28. The number of benzene rings is 2. The molecule has 0 bridgehead atoms. The number of aromatic nitrogens is 3. The molecule has 12 heteroatoms. The van der Waals surface area contributed by atoms with E-state index in [2.05, 4.69) is 14.8 Å². The molecule has 9 nitrogen and oxygen atoms in total. The third kappa shape index (κ3) is 4.68. The molecule has 5 heterocycles. The summed E-state index contributed by atoms with van der Waals surface area (Å²) >= 11 is 6.39. The summed E-state index contributed by atoms with van der Waals surface area (Å²) in [4.78, 5) is 35.2. The van der Waals surface area contributed by atoms with Gasteiger partial charge in [0.1, 0.15) is 28.4 Å². The first-order valence-corrected chi connectivity index (χ1v) is 15.2. The number of hydrogen-bond acceptors (Lipinski definition) is 8. The van der Waals surface area contributed by atoms with E-state index in [-0.39, 0.29) is 34.4 Å². The number of carbonyl (C=O) groups is 1. The van der Waals surface area contributed by atoms with Gasteiger partial charge in [-0.3, -0.25) is 4.98 Å². The van der Waals surface area contributed by atoms with Crippen LogP contribution >= 0.6 is 11.6 Å². The Morgan fingerprint density at radius 1 is 1.07 bits per heavy atom. The van der Waals surface area contributed by atoms with Crippen LogP contribution in [-0.4, -0.2) is 94.8 Å². The first-order chi connectivity index (χ1) is 20.9. The average molecular weight is 622 g/mol. The summed E-state index contributed by atoms with van der Waals surface area (Å²) in [5.74, 6) is -0.180. The highest BCUT2D eigenvalue weighted by Gasteiger charge is 2.51. The maximum absolute atomic E-state index is 16.6. The monoisotopic (exact) mass is 621 g/mol. The van der Waals surface area contributed by atoms with E-state index in [4.69, 9.17) is 26.3 Å². The molecule has 3 fully saturated rings. The molecule has 3 saturated heterocycles. The zero-order valence-electron chi connectivity index (χ0n) is 25.3. The van der Waals surface area contributed by atoms with Gasteiger partial charge in [-0.1, -0.05) is 35.9 Å². The highest BCUT2D eigenvalue weighted by Crippen LogP contribution is 2.42. The first kappa shape index (κ1) is 28.9. The van der Waals surface area contributed by atoms with Gasteiger partial charge in [0, 0.05) is 49.4 Å². The summed E-state index contributed by atoms with van der Waals surface area (Å²) in [5.41, 5.74) is -0.0193. The van der Waals surface area contributed by atoms with Gasteiger partial charge in [-0.2, -0.15) is 4.98 Å². The smallest absolute Gasteiger partial charge is 0.410 e. The van der Waals surface area contributed by atoms with Crippen molar-refractivity contribution in [1.82, 2.24) is 24.8 Å². The largest absolute Gasteiger partial charge is 0.444 e. The van der Waals surface area contributed by atoms with Gasteiger partial charge >= 0.3 is 6.09 Å². The molecule has 1 amide bonds. The van der Waals surface area contributed by atoms with Crippen LogP contribution in [0.25, 0.3) is 32.9 Å². The van der Waals surface area contributed by atoms with Crippen LogP contribution in [0.2, 0.25) is 5.02 Å². The Bertz CT molecular complexity index is 1810. The minimum Gasteiger partial charge on any atom is -0.444 e. The Labute approximate surface area is 259 Å². The van der Waals surface area contributed by atoms with Crippen LogP contribution in [0.5, 0.6) is 0 Å². The lowest BCUT2D eigenvalue weighted by Gasteiger charge is -2.48. The van der Waals surface area contributed by atoms with Crippen molar-refractivity contribution in [2.75, 3.05) is 50.1 Å². The predicted molar refractivity (Wildman–Crippen MR) is 167 cm³/mol. The predicted octanol–water partition coefficient (Wildman–Crippen LogP) is 5.72. The number of amides is 1. The second kappa shape index (κ2) is 10.4. The van der Waals surface area contributed by atoms with Crippen LogP contribution in [0.1, 0.15) is 27.2 Å². The molecular weight excluding hydrogens is 588 g/mol. The van der Waals surface area contributed by atoms with E-state index >= 15 is 4.39 Å². The SMILES string of the molecule is CN(C)C1CN(c2nc(N3C[C@@H]4[C@H]3CCN4C(=O)OC(C)(C)C)c3cnc(-c4cccc5ccc(F)c(Cl)c45)c(F)c3n2)C1. The Kier molecular flexibility index (Phi) is 6.82. The summed E-state index contributed by atoms with van der Waals surface area (Å²) in [5, 5.41) is 1.47. The number of likely N-dealkylation sites (N-methyl/N-ethyl adjacent to an activating group) is 1. The highest BCUT2D eigenvalue weighted by molar-refractivity contribution is 6.36. The lowest BCUT2D eigenvalue weighted by Crippen LogP contribution is -2.63. The van der Waals surface area contributed by atoms with Gasteiger partial charge in [0.15, 0.2) is 5.82 Å². The molecule has 7 rings (SSSR count). The van der Waals surface area contributed by atoms with Crippen molar-refractivity contribution in [1.29, 1.82) is 0 Å². The quantitative estimate of drug-likeness (QED) is 0.286. The number of pyridine rings is 1. The fraction of sp³-hybridized carbons (Fsp3) is 0.438. The second-order valence-electron chi connectivity index (χ2n) is 13.1. The molecule has 2 aromatic heterocycles. The van der Waals surface area contributed by atoms with Crippen molar-refractivity contribution >= 4 is 51.1 Å². The van der Waals surface area contributed by atoms with Crippen molar-refractivity contribution in [3.05, 3.63) is 53.2 Å². The molecule has 3 aliphatic rings. The number of hydrogen-bond donors (Lipinski definition) is 0. The van der Waals surface area contributed by atoms with Gasteiger partial charge in [-0.15, -0.1) is 0 Å². The van der Waals surface area contributed by atoms with Crippen LogP contribution in [0, 0.1) is 11.6 Å². The van der Waals surface area contributed by atoms with Crippen molar-refractivity contribution in [3.63, 3.8) is 0 Å². The molecule has 2 aromatic carbocycles. The Hall–Kier alpha value is -3.83. The molecule has 0 aliphatic carbocycles. The number of fused-ring (bicyclic) bond motifs is 3. The number of anilines is 2. The van der Waals surface area contributed by atoms with Gasteiger partial charge in [0.2, 0.25) is 5.95 Å². The molecule has 2 atom stereocenters. The Morgan fingerprint density at radius 3 is 2.57 bits per heavy atom. The van der Waals surface area contributed by atoms with E-state index in [1.54, 1.807) is 35.4 Å². The van der Waals surface area contributed by atoms with Crippen LogP contribution in [0.4, 0.5) is 25.3 Å². The lowest BCUT2D eigenvalue weighted by atomic mass is 9.96. The maximum Gasteiger partial charge on any atom is 0.410 e. The molecule has 230 valence electrons. The molecule has 0 spiro atoms. The number of likely N-dealkylation sites (tertiary alicyclic amines) is 1. The van der Waals surface area contributed by atoms with Crippen molar-refractivity contribution in [3.8, 4) is 11.3 Å². The topological polar surface area (TPSA) is 77.9 Å². The number of nitrogens with zero attached hydrogens (tertiary/aromatic N) is 7. The van der Waals surface area contributed by atoms with Gasteiger partial charge in [-0.05, 0) is 52.7 Å². The standard InChI is InChI=1S/C32H34ClF2N7O2/c1-32(2,3)44-31(43)41-12-11-22-23(41)16-42(22)29-20-13-36-27(19-8-6-7-17-9-10-21(34)25(33)24(17)19)26(35)28(20)37-30(38-29)40-14-18(15-40)39(4)5/h6-10,13,18,22-23H,11-12,14-16H2,1-5H3/t22-,23-/m1/s1. The fourth-order valence-electron chi connectivity index (χ4n) is 6.44. The summed E-state index contributed by atoms with van der Waals surface area (Å²) in [6.07, 6.45) is 2.01. The number of rotatable bonds is 4. The molecule has 4 aromatic rings. The van der Waals surface area contributed by atoms with Gasteiger partial charge in [0.25, 0.3) is 0 Å². The lowest BCUT2D eigenvalue weighted by molar-refractivity contribution is 0.0193. The molecule has 0 radical (unpaired) electrons. The summed E-state index contributed by atoms with van der Waals surface area (Å²) in [7, 11) is 4.06. The highest BCUT2D eigenvalue weighted by atomic mass is 35.5. The second-order valence-corrected chi connectivity index (χ2v) is 13.4. The van der Waals surface area contributed by atoms with E-state index in [0.29, 0.717) is 65.7 Å². The normalized spacial score (nSPS) is 20.3. The number of carbonyl (C=O) groups excluding carboxylic acids is 1. The molecule has 0 N–H and O–H groups in total. The summed E-state index contributed by atoms with van der Waals surface area (Å²) < 4.78 is 36.8. The van der Waals surface area contributed by atoms with Crippen molar-refractivity contribution in [2.24, 2.45) is 0 Å². The van der Waals surface area contributed by atoms with Crippen molar-refractivity contribution < 1.29 is 18.3 Å². The molecule has 3 aliphatic heterocycles. The van der Waals surface area contributed by atoms with E-state index in [1.807, 2.05) is 39.8 Å². The van der Waals surface area contributed by atoms with E-state index < -0.39 is 17.2 Å². The summed E-state index contributed by atoms with van der Waals surface area (Å²) in [6.45, 7) is 8.11. The van der Waals surface area contributed by atoms with Crippen LogP contribution in [0.15, 0.2) is 36.5 Å². The van der Waals surface area contributed by atoms with Gasteiger partial charge < -0.3 is 24.3 Å². The van der Waals surface area contributed by atoms with Crippen LogP contribution in [0.3, 0.4) is 0 Å². The number of halogens is 3. The minimum absolute atomic E-state index is 0.0157. The maximum atomic E-state index is 16.6. The molecule has 0 unspecified atom stereocenters. The van der Waals surface area contributed by atoms with E-state index in [9.17, 15) is 9.18 Å². The first-order valence-electron chi connectivity index (χ1n) is 14.8. The zero-order valence-corrected chi connectivity index (χ0v) is 26.1. The average Bonchev–Trinajstić information content (AvgIpc) is 3.25. The van der Waals surface area contributed by atoms with E-state index in [1.165, 1.54) is 6.07 Å². The Morgan fingerprint density at radius 2 is 1.84 bits per heavy atom. The third-order valence-electron chi connectivity index (χ3n) is 8.91. The van der Waals surface area contributed by atoms with Crippen molar-refractivity contribution in [2.45, 2.75) is 50.9 Å². The fourth-order valence-corrected chi connectivity index (χ4v) is 6.72. The van der Waals surface area contributed by atoms with E-state index in [0.717, 1.165) is 6.42 Å². The molecule has 0 saturated carbocycles. The number of ether oxygens (including phenoxy) is 1. The summed E-state index contributed by atoms with van der Waals surface area (Å²) in [6, 6.07) is 8.51. The minimum atomic E-state index is -0.621. The molecule has 44 heavy (non-hydrogen) atoms.